The summed E-state index contributed by atoms with van der Waals surface area (Å²) in [6.07, 6.45) is 4.18. The number of hydrogen-bond donors (Lipinski definition) is 0. The molecule has 1 amide bonds. The van der Waals surface area contributed by atoms with Crippen LogP contribution in [0.2, 0.25) is 0 Å². The molecule has 0 N–H and O–H groups in total. The number of rotatable bonds is 8. The van der Waals surface area contributed by atoms with E-state index in [4.69, 9.17) is 9.15 Å². The van der Waals surface area contributed by atoms with Crippen molar-refractivity contribution in [3.05, 3.63) is 83.8 Å². The Hall–Kier alpha value is -3.59. The second-order valence-corrected chi connectivity index (χ2v) is 8.95. The van der Waals surface area contributed by atoms with E-state index in [1.54, 1.807) is 7.11 Å². The molecule has 1 saturated heterocycles. The zero-order chi connectivity index (χ0) is 23.3. The summed E-state index contributed by atoms with van der Waals surface area (Å²) in [5, 5.41) is 9.65. The van der Waals surface area contributed by atoms with Crippen LogP contribution < -0.4 is 4.74 Å². The molecule has 3 heterocycles. The second kappa shape index (κ2) is 10.1. The highest BCUT2D eigenvalue weighted by Crippen LogP contribution is 2.27. The minimum atomic E-state index is -0.0657. The highest BCUT2D eigenvalue weighted by Gasteiger charge is 2.23. The van der Waals surface area contributed by atoms with Gasteiger partial charge in [0.2, 0.25) is 5.89 Å². The first-order valence-electron chi connectivity index (χ1n) is 11.2. The smallest absolute Gasteiger partial charge is 0.275 e. The lowest BCUT2D eigenvalue weighted by Gasteiger charge is -2.12. The standard InChI is InChI=1S/C25H25N5O3S/c1-32-20-11-9-19(10-12-20)30-22(15-18-7-3-2-4-8-18)27-28-25(30)34-17-23-26-21(16-33-23)24(31)29-13-5-6-14-29/h2-4,7-12,16H,5-6,13-15,17H2,1H3. The van der Waals surface area contributed by atoms with Gasteiger partial charge < -0.3 is 14.1 Å². The Labute approximate surface area is 202 Å². The van der Waals surface area contributed by atoms with E-state index in [1.807, 2.05) is 51.9 Å². The van der Waals surface area contributed by atoms with E-state index in [9.17, 15) is 4.79 Å². The Bertz CT molecular complexity index is 1250. The minimum Gasteiger partial charge on any atom is -0.497 e. The van der Waals surface area contributed by atoms with Crippen LogP contribution in [0.5, 0.6) is 5.75 Å². The maximum Gasteiger partial charge on any atom is 0.275 e. The number of oxazole rings is 1. The van der Waals surface area contributed by atoms with Crippen LogP contribution in [0.3, 0.4) is 0 Å². The maximum absolute atomic E-state index is 12.6. The largest absolute Gasteiger partial charge is 0.497 e. The Morgan fingerprint density at radius 1 is 1.06 bits per heavy atom. The number of nitrogens with zero attached hydrogens (tertiary/aromatic N) is 5. The molecule has 0 spiro atoms. The summed E-state index contributed by atoms with van der Waals surface area (Å²) in [6.45, 7) is 1.57. The Morgan fingerprint density at radius 3 is 2.56 bits per heavy atom. The van der Waals surface area contributed by atoms with Crippen molar-refractivity contribution in [3.8, 4) is 11.4 Å². The van der Waals surface area contributed by atoms with Crippen LogP contribution in [-0.2, 0) is 12.2 Å². The molecule has 0 aliphatic carbocycles. The quantitative estimate of drug-likeness (QED) is 0.350. The summed E-state index contributed by atoms with van der Waals surface area (Å²) in [5.41, 5.74) is 2.45. The first-order valence-corrected chi connectivity index (χ1v) is 12.2. The lowest BCUT2D eigenvalue weighted by atomic mass is 10.1. The molecule has 2 aromatic heterocycles. The van der Waals surface area contributed by atoms with Crippen LogP contribution in [0, 0.1) is 0 Å². The van der Waals surface area contributed by atoms with Gasteiger partial charge in [-0.25, -0.2) is 4.98 Å². The summed E-state index contributed by atoms with van der Waals surface area (Å²) < 4.78 is 12.9. The monoisotopic (exact) mass is 475 g/mol. The van der Waals surface area contributed by atoms with Gasteiger partial charge in [-0.1, -0.05) is 42.1 Å². The molecular formula is C25H25N5O3S. The van der Waals surface area contributed by atoms with E-state index in [-0.39, 0.29) is 5.91 Å². The van der Waals surface area contributed by atoms with E-state index < -0.39 is 0 Å². The average molecular weight is 476 g/mol. The van der Waals surface area contributed by atoms with Crippen molar-refractivity contribution >= 4 is 17.7 Å². The number of hydrogen-bond acceptors (Lipinski definition) is 7. The van der Waals surface area contributed by atoms with E-state index in [1.165, 1.54) is 18.0 Å². The lowest BCUT2D eigenvalue weighted by molar-refractivity contribution is 0.0787. The topological polar surface area (TPSA) is 86.3 Å². The maximum atomic E-state index is 12.6. The SMILES string of the molecule is COc1ccc(-n2c(Cc3ccccc3)nnc2SCc2nc(C(=O)N3CCCC3)co2)cc1. The Balaban J connectivity index is 1.37. The van der Waals surface area contributed by atoms with Crippen molar-refractivity contribution in [1.82, 2.24) is 24.6 Å². The van der Waals surface area contributed by atoms with Crippen LogP contribution in [0.1, 0.15) is 40.6 Å². The van der Waals surface area contributed by atoms with Crippen LogP contribution in [0.15, 0.2) is 70.4 Å². The average Bonchev–Trinajstić information content (AvgIpc) is 3.65. The fourth-order valence-corrected chi connectivity index (χ4v) is 4.78. The molecular weight excluding hydrogens is 450 g/mol. The predicted molar refractivity (Wildman–Crippen MR) is 128 cm³/mol. The van der Waals surface area contributed by atoms with Crippen molar-refractivity contribution in [2.24, 2.45) is 0 Å². The van der Waals surface area contributed by atoms with Gasteiger partial charge in [0.15, 0.2) is 10.9 Å². The van der Waals surface area contributed by atoms with Gasteiger partial charge in [-0.15, -0.1) is 10.2 Å². The number of ether oxygens (including phenoxy) is 1. The molecule has 174 valence electrons. The lowest BCUT2D eigenvalue weighted by Crippen LogP contribution is -2.27. The van der Waals surface area contributed by atoms with Gasteiger partial charge in [0.25, 0.3) is 5.91 Å². The summed E-state index contributed by atoms with van der Waals surface area (Å²) in [4.78, 5) is 18.8. The van der Waals surface area contributed by atoms with Crippen molar-refractivity contribution in [2.75, 3.05) is 20.2 Å². The molecule has 4 aromatic rings. The van der Waals surface area contributed by atoms with Gasteiger partial charge >= 0.3 is 0 Å². The van der Waals surface area contributed by atoms with Gasteiger partial charge in [0.05, 0.1) is 12.9 Å². The third-order valence-corrected chi connectivity index (χ3v) is 6.64. The second-order valence-electron chi connectivity index (χ2n) is 8.01. The molecule has 1 aliphatic rings. The van der Waals surface area contributed by atoms with Crippen LogP contribution in [0.25, 0.3) is 5.69 Å². The number of methoxy groups -OCH3 is 1. The molecule has 2 aromatic carbocycles. The molecule has 9 heteroatoms. The normalized spacial score (nSPS) is 13.4. The molecule has 0 saturated carbocycles. The number of thioether (sulfide) groups is 1. The molecule has 34 heavy (non-hydrogen) atoms. The molecule has 1 aliphatic heterocycles. The van der Waals surface area contributed by atoms with Crippen molar-refractivity contribution in [1.29, 1.82) is 0 Å². The first-order chi connectivity index (χ1) is 16.7. The van der Waals surface area contributed by atoms with Crippen molar-refractivity contribution in [3.63, 3.8) is 0 Å². The fraction of sp³-hybridized carbons (Fsp3) is 0.280. The van der Waals surface area contributed by atoms with Crippen molar-refractivity contribution < 1.29 is 13.9 Å². The third-order valence-electron chi connectivity index (χ3n) is 5.72. The third kappa shape index (κ3) is 4.84. The zero-order valence-electron chi connectivity index (χ0n) is 18.9. The highest BCUT2D eigenvalue weighted by molar-refractivity contribution is 7.98. The molecule has 1 fully saturated rings. The molecule has 0 atom stereocenters. The molecule has 0 unspecified atom stereocenters. The number of carbonyl (C=O) groups is 1. The minimum absolute atomic E-state index is 0.0657. The molecule has 5 rings (SSSR count). The Kier molecular flexibility index (Phi) is 6.62. The summed E-state index contributed by atoms with van der Waals surface area (Å²) in [6, 6.07) is 18.0. The highest BCUT2D eigenvalue weighted by atomic mass is 32.2. The van der Waals surface area contributed by atoms with Crippen LogP contribution in [-0.4, -0.2) is 50.8 Å². The predicted octanol–water partition coefficient (Wildman–Crippen LogP) is 4.38. The van der Waals surface area contributed by atoms with Crippen molar-refractivity contribution in [2.45, 2.75) is 30.2 Å². The number of amides is 1. The summed E-state index contributed by atoms with van der Waals surface area (Å²) in [7, 11) is 1.65. The first kappa shape index (κ1) is 22.2. The molecule has 8 nitrogen and oxygen atoms in total. The van der Waals surface area contributed by atoms with E-state index >= 15 is 0 Å². The number of benzene rings is 2. The van der Waals surface area contributed by atoms with Gasteiger partial charge in [-0.2, -0.15) is 0 Å². The molecule has 0 radical (unpaired) electrons. The van der Waals surface area contributed by atoms with E-state index in [2.05, 4.69) is 27.3 Å². The fourth-order valence-electron chi connectivity index (χ4n) is 3.96. The Morgan fingerprint density at radius 2 is 1.82 bits per heavy atom. The van der Waals surface area contributed by atoms with Crippen LogP contribution in [0.4, 0.5) is 0 Å². The van der Waals surface area contributed by atoms with Gasteiger partial charge in [-0.3, -0.25) is 9.36 Å². The summed E-state index contributed by atoms with van der Waals surface area (Å²) >= 11 is 1.47. The number of likely N-dealkylation sites (tertiary alicyclic amines) is 1. The van der Waals surface area contributed by atoms with Gasteiger partial charge in [0.1, 0.15) is 17.8 Å². The molecule has 0 bridgehead atoms. The number of carbonyl (C=O) groups excluding carboxylic acids is 1. The van der Waals surface area contributed by atoms with E-state index in [0.29, 0.717) is 23.8 Å². The van der Waals surface area contributed by atoms with E-state index in [0.717, 1.165) is 53.9 Å². The van der Waals surface area contributed by atoms with Gasteiger partial charge in [0, 0.05) is 25.2 Å². The number of aromatic nitrogens is 4. The zero-order valence-corrected chi connectivity index (χ0v) is 19.7. The van der Waals surface area contributed by atoms with Crippen LogP contribution >= 0.6 is 11.8 Å². The van der Waals surface area contributed by atoms with Gasteiger partial charge in [-0.05, 0) is 42.7 Å². The summed E-state index contributed by atoms with van der Waals surface area (Å²) in [5.74, 6) is 2.47.